The van der Waals surface area contributed by atoms with Crippen molar-refractivity contribution in [2.45, 2.75) is 58.2 Å². The van der Waals surface area contributed by atoms with Gasteiger partial charge in [0.1, 0.15) is 0 Å². The zero-order valence-electron chi connectivity index (χ0n) is 11.7. The zero-order chi connectivity index (χ0) is 13.4. The molecule has 0 fully saturated rings. The molecule has 0 aromatic heterocycles. The van der Waals surface area contributed by atoms with Crippen LogP contribution in [0.4, 0.5) is 0 Å². The first-order valence-corrected chi connectivity index (χ1v) is 7.02. The average molecular weight is 264 g/mol. The molecule has 0 aromatic carbocycles. The van der Waals surface area contributed by atoms with Crippen LogP contribution in [0.3, 0.4) is 0 Å². The predicted molar refractivity (Wildman–Crippen MR) is 74.9 cm³/mol. The highest BCUT2D eigenvalue weighted by Crippen LogP contribution is 2.21. The molecule has 0 heterocycles. The van der Waals surface area contributed by atoms with E-state index in [1.165, 1.54) is 0 Å². The number of aliphatic hydroxyl groups is 1. The van der Waals surface area contributed by atoms with Crippen LogP contribution in [0.2, 0.25) is 0 Å². The van der Waals surface area contributed by atoms with Crippen LogP contribution in [-0.4, -0.2) is 41.9 Å². The van der Waals surface area contributed by atoms with E-state index in [4.69, 9.17) is 14.6 Å². The van der Waals surface area contributed by atoms with Gasteiger partial charge in [0.25, 0.3) is 0 Å². The molecule has 0 radical (unpaired) electrons. The second-order valence-electron chi connectivity index (χ2n) is 5.33. The Morgan fingerprint density at radius 2 is 1.82 bits per heavy atom. The van der Waals surface area contributed by atoms with Gasteiger partial charge in [0.15, 0.2) is 0 Å². The van der Waals surface area contributed by atoms with Crippen LogP contribution in [0.25, 0.3) is 0 Å². The molecule has 0 aromatic rings. The first-order valence-electron chi connectivity index (χ1n) is 6.39. The van der Waals surface area contributed by atoms with Crippen molar-refractivity contribution in [2.75, 3.05) is 25.6 Å². The molecule has 3 nitrogen and oxygen atoms in total. The monoisotopic (exact) mass is 264 g/mol. The van der Waals surface area contributed by atoms with E-state index in [1.807, 2.05) is 20.8 Å². The lowest BCUT2D eigenvalue weighted by Gasteiger charge is -2.33. The summed E-state index contributed by atoms with van der Waals surface area (Å²) in [6, 6.07) is 0. The van der Waals surface area contributed by atoms with Crippen molar-refractivity contribution in [3.05, 3.63) is 0 Å². The SMILES string of the molecule is CCCCOC(C)(C)COC(C)(CS)CCO. The summed E-state index contributed by atoms with van der Waals surface area (Å²) < 4.78 is 11.6. The van der Waals surface area contributed by atoms with Crippen LogP contribution in [0, 0.1) is 0 Å². The molecular formula is C13H28O3S. The maximum Gasteiger partial charge on any atom is 0.0859 e. The van der Waals surface area contributed by atoms with E-state index in [1.54, 1.807) is 0 Å². The molecule has 0 bridgehead atoms. The summed E-state index contributed by atoms with van der Waals surface area (Å²) in [7, 11) is 0. The molecule has 4 heteroatoms. The van der Waals surface area contributed by atoms with Gasteiger partial charge in [-0.1, -0.05) is 13.3 Å². The molecule has 1 unspecified atom stereocenters. The molecule has 0 spiro atoms. The van der Waals surface area contributed by atoms with Crippen molar-refractivity contribution in [3.8, 4) is 0 Å². The largest absolute Gasteiger partial charge is 0.396 e. The number of hydrogen-bond donors (Lipinski definition) is 2. The molecule has 0 rings (SSSR count). The average Bonchev–Trinajstić information content (AvgIpc) is 2.27. The number of hydrogen-bond acceptors (Lipinski definition) is 4. The van der Waals surface area contributed by atoms with Crippen LogP contribution < -0.4 is 0 Å². The van der Waals surface area contributed by atoms with Gasteiger partial charge >= 0.3 is 0 Å². The third-order valence-corrected chi connectivity index (χ3v) is 3.40. The molecule has 0 amide bonds. The number of rotatable bonds is 10. The molecule has 1 atom stereocenters. The van der Waals surface area contributed by atoms with E-state index in [0.717, 1.165) is 19.4 Å². The molecule has 0 aliphatic heterocycles. The maximum absolute atomic E-state index is 8.99. The summed E-state index contributed by atoms with van der Waals surface area (Å²) >= 11 is 4.27. The fraction of sp³-hybridized carbons (Fsp3) is 1.00. The van der Waals surface area contributed by atoms with E-state index in [0.29, 0.717) is 18.8 Å². The van der Waals surface area contributed by atoms with Gasteiger partial charge in [-0.25, -0.2) is 0 Å². The van der Waals surface area contributed by atoms with Crippen LogP contribution in [0.15, 0.2) is 0 Å². The summed E-state index contributed by atoms with van der Waals surface area (Å²) in [5.41, 5.74) is -0.655. The van der Waals surface area contributed by atoms with Crippen molar-refractivity contribution < 1.29 is 14.6 Å². The second kappa shape index (κ2) is 8.35. The van der Waals surface area contributed by atoms with Crippen LogP contribution in [0.1, 0.15) is 47.0 Å². The summed E-state index contributed by atoms with van der Waals surface area (Å²) in [6.07, 6.45) is 2.81. The van der Waals surface area contributed by atoms with Crippen molar-refractivity contribution in [3.63, 3.8) is 0 Å². The third kappa shape index (κ3) is 8.03. The van der Waals surface area contributed by atoms with Crippen LogP contribution in [0.5, 0.6) is 0 Å². The normalized spacial score (nSPS) is 15.9. The first kappa shape index (κ1) is 17.2. The Balaban J connectivity index is 4.04. The molecule has 0 aliphatic carbocycles. The Morgan fingerprint density at radius 3 is 2.29 bits per heavy atom. The molecule has 104 valence electrons. The van der Waals surface area contributed by atoms with Crippen molar-refractivity contribution >= 4 is 12.6 Å². The van der Waals surface area contributed by atoms with Crippen LogP contribution >= 0.6 is 12.6 Å². The Labute approximate surface area is 111 Å². The molecule has 1 N–H and O–H groups in total. The lowest BCUT2D eigenvalue weighted by atomic mass is 10.0. The minimum absolute atomic E-state index is 0.119. The molecular weight excluding hydrogens is 236 g/mol. The Bertz CT molecular complexity index is 197. The van der Waals surface area contributed by atoms with Crippen molar-refractivity contribution in [1.29, 1.82) is 0 Å². The number of unbranched alkanes of at least 4 members (excludes halogenated alkanes) is 1. The number of ether oxygens (including phenoxy) is 2. The van der Waals surface area contributed by atoms with Gasteiger partial charge in [-0.2, -0.15) is 12.6 Å². The van der Waals surface area contributed by atoms with E-state index in [2.05, 4.69) is 19.6 Å². The third-order valence-electron chi connectivity index (χ3n) is 2.73. The highest BCUT2D eigenvalue weighted by atomic mass is 32.1. The lowest BCUT2D eigenvalue weighted by molar-refractivity contribution is -0.123. The summed E-state index contributed by atoms with van der Waals surface area (Å²) in [5.74, 6) is 0.596. The zero-order valence-corrected chi connectivity index (χ0v) is 12.6. The molecule has 0 saturated carbocycles. The Morgan fingerprint density at radius 1 is 1.18 bits per heavy atom. The van der Waals surface area contributed by atoms with Gasteiger partial charge in [0.2, 0.25) is 0 Å². The lowest BCUT2D eigenvalue weighted by Crippen LogP contribution is -2.40. The first-order chi connectivity index (χ1) is 7.89. The standard InChI is InChI=1S/C13H28O3S/c1-5-6-9-15-12(2,3)10-16-13(4,11-17)7-8-14/h14,17H,5-11H2,1-4H3. The summed E-state index contributed by atoms with van der Waals surface area (Å²) in [4.78, 5) is 0. The highest BCUT2D eigenvalue weighted by molar-refractivity contribution is 7.80. The van der Waals surface area contributed by atoms with Gasteiger partial charge in [0, 0.05) is 25.4 Å². The number of aliphatic hydroxyl groups excluding tert-OH is 1. The topological polar surface area (TPSA) is 38.7 Å². The second-order valence-corrected chi connectivity index (χ2v) is 5.65. The fourth-order valence-corrected chi connectivity index (χ4v) is 1.57. The maximum atomic E-state index is 8.99. The summed E-state index contributed by atoms with van der Waals surface area (Å²) in [5, 5.41) is 8.99. The van der Waals surface area contributed by atoms with Crippen LogP contribution in [-0.2, 0) is 9.47 Å². The van der Waals surface area contributed by atoms with Gasteiger partial charge in [-0.05, 0) is 27.2 Å². The van der Waals surface area contributed by atoms with Gasteiger partial charge in [-0.3, -0.25) is 0 Å². The quantitative estimate of drug-likeness (QED) is 0.471. The molecule has 0 aliphatic rings. The highest BCUT2D eigenvalue weighted by Gasteiger charge is 2.27. The van der Waals surface area contributed by atoms with Crippen molar-refractivity contribution in [2.24, 2.45) is 0 Å². The Kier molecular flexibility index (Phi) is 8.47. The van der Waals surface area contributed by atoms with E-state index in [-0.39, 0.29) is 17.8 Å². The van der Waals surface area contributed by atoms with E-state index in [9.17, 15) is 0 Å². The fourth-order valence-electron chi connectivity index (χ4n) is 1.32. The minimum Gasteiger partial charge on any atom is -0.396 e. The number of thiol groups is 1. The van der Waals surface area contributed by atoms with Gasteiger partial charge in [0.05, 0.1) is 17.8 Å². The van der Waals surface area contributed by atoms with E-state index >= 15 is 0 Å². The van der Waals surface area contributed by atoms with Gasteiger partial charge < -0.3 is 14.6 Å². The van der Waals surface area contributed by atoms with Gasteiger partial charge in [-0.15, -0.1) is 0 Å². The van der Waals surface area contributed by atoms with Crippen molar-refractivity contribution in [1.82, 2.24) is 0 Å². The summed E-state index contributed by atoms with van der Waals surface area (Å²) in [6.45, 7) is 9.58. The Hall–Kier alpha value is 0.230. The molecule has 17 heavy (non-hydrogen) atoms. The van der Waals surface area contributed by atoms with E-state index < -0.39 is 0 Å². The predicted octanol–water partition coefficient (Wildman–Crippen LogP) is 2.67. The smallest absolute Gasteiger partial charge is 0.0859 e. The minimum atomic E-state index is -0.372. The molecule has 0 saturated heterocycles.